The number of Topliss-reactive ketones (excluding diaryl/α,β-unsaturated/α-hetero) is 1. The average Bonchev–Trinajstić information content (AvgIpc) is 2.87. The van der Waals surface area contributed by atoms with Gasteiger partial charge in [0.1, 0.15) is 35.9 Å². The Balaban J connectivity index is 1.76. The van der Waals surface area contributed by atoms with Crippen LogP contribution < -0.4 is 4.74 Å². The van der Waals surface area contributed by atoms with Gasteiger partial charge in [0, 0.05) is 6.42 Å². The van der Waals surface area contributed by atoms with Crippen LogP contribution in [-0.4, -0.2) is 79.7 Å². The number of aliphatic hydroxyl groups excluding tert-OH is 4. The highest BCUT2D eigenvalue weighted by molar-refractivity contribution is 6.09. The summed E-state index contributed by atoms with van der Waals surface area (Å²) in [6.07, 6.45) is -7.43. The minimum absolute atomic E-state index is 0.00983. The molecule has 0 unspecified atom stereocenters. The van der Waals surface area contributed by atoms with Gasteiger partial charge in [-0.05, 0) is 42.0 Å². The maximum Gasteiger partial charge on any atom is 0.335 e. The Morgan fingerprint density at radius 2 is 1.70 bits per heavy atom. The Kier molecular flexibility index (Phi) is 7.76. The number of carboxylic acid groups (broad SMARTS) is 1. The number of aromatic carboxylic acids is 1. The van der Waals surface area contributed by atoms with Gasteiger partial charge in [-0.2, -0.15) is 0 Å². The fraction of sp³-hybridized carbons (Fsp3) is 0.333. The lowest BCUT2D eigenvalue weighted by atomic mass is 9.93. The molecule has 37 heavy (non-hydrogen) atoms. The van der Waals surface area contributed by atoms with Gasteiger partial charge in [-0.15, -0.1) is 0 Å². The SMILES string of the molecule is Cc1cc2cc(C(=O)O)cc(O[C@@H]3O[C@H](CO)[C@@H](O)[C@H](O)[C@H]3O)c2c(O)c1C(=O)CCc1ccccc1. The molecule has 10 heteroatoms. The standard InChI is InChI=1S/C27H28O10/c1-13-9-15-10-16(26(34)35)11-18(36-27-25(33)24(32)22(30)19(12-28)37-27)21(15)23(31)20(13)17(29)8-7-14-5-3-2-4-6-14/h2-6,9-11,19,22,24-25,27-28,30-33H,7-8,12H2,1H3,(H,34,35)/t19-,22-,24+,25-,27-/m1/s1. The lowest BCUT2D eigenvalue weighted by Crippen LogP contribution is -2.60. The highest BCUT2D eigenvalue weighted by Gasteiger charge is 2.45. The summed E-state index contributed by atoms with van der Waals surface area (Å²) in [6.45, 7) is 0.936. The second-order valence-electron chi connectivity index (χ2n) is 9.02. The van der Waals surface area contributed by atoms with Crippen molar-refractivity contribution in [2.24, 2.45) is 0 Å². The number of carboxylic acids is 1. The zero-order chi connectivity index (χ0) is 26.9. The zero-order valence-electron chi connectivity index (χ0n) is 19.9. The number of aryl methyl sites for hydroxylation is 2. The molecule has 0 spiro atoms. The molecule has 4 rings (SSSR count). The van der Waals surface area contributed by atoms with E-state index in [9.17, 15) is 40.2 Å². The van der Waals surface area contributed by atoms with E-state index in [1.165, 1.54) is 6.07 Å². The summed E-state index contributed by atoms with van der Waals surface area (Å²) in [6, 6.07) is 13.3. The molecule has 0 aliphatic carbocycles. The van der Waals surface area contributed by atoms with Gasteiger partial charge in [0.15, 0.2) is 5.78 Å². The molecule has 3 aromatic carbocycles. The van der Waals surface area contributed by atoms with Crippen LogP contribution >= 0.6 is 0 Å². The molecule has 0 amide bonds. The molecule has 0 aromatic heterocycles. The molecule has 1 heterocycles. The summed E-state index contributed by atoms with van der Waals surface area (Å²) >= 11 is 0. The second kappa shape index (κ2) is 10.8. The van der Waals surface area contributed by atoms with E-state index in [4.69, 9.17) is 9.47 Å². The van der Waals surface area contributed by atoms with Crippen molar-refractivity contribution in [1.29, 1.82) is 0 Å². The number of phenols is 1. The molecule has 1 saturated heterocycles. The van der Waals surface area contributed by atoms with Crippen molar-refractivity contribution >= 4 is 22.5 Å². The lowest BCUT2D eigenvalue weighted by molar-refractivity contribution is -0.277. The van der Waals surface area contributed by atoms with Crippen LogP contribution in [0.4, 0.5) is 0 Å². The van der Waals surface area contributed by atoms with Gasteiger partial charge >= 0.3 is 5.97 Å². The van der Waals surface area contributed by atoms with E-state index >= 15 is 0 Å². The monoisotopic (exact) mass is 512 g/mol. The maximum atomic E-state index is 13.1. The summed E-state index contributed by atoms with van der Waals surface area (Å²) in [5.41, 5.74) is 1.23. The first-order valence-corrected chi connectivity index (χ1v) is 11.7. The number of benzene rings is 3. The number of hydrogen-bond donors (Lipinski definition) is 6. The van der Waals surface area contributed by atoms with E-state index in [1.54, 1.807) is 13.0 Å². The first-order valence-electron chi connectivity index (χ1n) is 11.7. The van der Waals surface area contributed by atoms with Crippen LogP contribution in [-0.2, 0) is 11.2 Å². The van der Waals surface area contributed by atoms with Gasteiger partial charge in [0.05, 0.1) is 23.1 Å². The second-order valence-corrected chi connectivity index (χ2v) is 9.02. The Labute approximate surface area is 211 Å². The highest BCUT2D eigenvalue weighted by atomic mass is 16.7. The van der Waals surface area contributed by atoms with E-state index in [0.717, 1.165) is 11.6 Å². The predicted molar refractivity (Wildman–Crippen MR) is 131 cm³/mol. The number of aliphatic hydroxyl groups is 4. The fourth-order valence-corrected chi connectivity index (χ4v) is 4.51. The summed E-state index contributed by atoms with van der Waals surface area (Å²) < 4.78 is 11.1. The normalized spacial score (nSPS) is 23.6. The first kappa shape index (κ1) is 26.5. The third-order valence-corrected chi connectivity index (χ3v) is 6.47. The lowest BCUT2D eigenvalue weighted by Gasteiger charge is -2.39. The summed E-state index contributed by atoms with van der Waals surface area (Å²) in [7, 11) is 0. The smallest absolute Gasteiger partial charge is 0.335 e. The molecule has 5 atom stereocenters. The first-order chi connectivity index (χ1) is 17.6. The number of ether oxygens (including phenoxy) is 2. The number of hydrogen-bond acceptors (Lipinski definition) is 9. The molecule has 10 nitrogen and oxygen atoms in total. The van der Waals surface area contributed by atoms with Crippen molar-refractivity contribution < 1.29 is 49.7 Å². The van der Waals surface area contributed by atoms with Gasteiger partial charge in [0.25, 0.3) is 0 Å². The van der Waals surface area contributed by atoms with Crippen molar-refractivity contribution in [2.75, 3.05) is 6.61 Å². The fourth-order valence-electron chi connectivity index (χ4n) is 4.51. The molecule has 1 fully saturated rings. The molecule has 3 aromatic rings. The van der Waals surface area contributed by atoms with E-state index in [0.29, 0.717) is 12.0 Å². The molecular formula is C27H28O10. The topological polar surface area (TPSA) is 174 Å². The number of carbonyl (C=O) groups is 2. The Morgan fingerprint density at radius 3 is 2.35 bits per heavy atom. The van der Waals surface area contributed by atoms with Crippen molar-refractivity contribution in [3.8, 4) is 11.5 Å². The molecule has 1 aliphatic heterocycles. The highest BCUT2D eigenvalue weighted by Crippen LogP contribution is 2.41. The van der Waals surface area contributed by atoms with Gasteiger partial charge in [-0.1, -0.05) is 36.4 Å². The van der Waals surface area contributed by atoms with Crippen molar-refractivity contribution in [1.82, 2.24) is 0 Å². The van der Waals surface area contributed by atoms with E-state index in [-0.39, 0.29) is 39.9 Å². The number of ketones is 1. The quantitative estimate of drug-likeness (QED) is 0.243. The van der Waals surface area contributed by atoms with Gasteiger partial charge in [0.2, 0.25) is 6.29 Å². The molecular weight excluding hydrogens is 484 g/mol. The molecule has 196 valence electrons. The van der Waals surface area contributed by atoms with Crippen LogP contribution in [0, 0.1) is 6.92 Å². The number of aromatic hydroxyl groups is 1. The van der Waals surface area contributed by atoms with Crippen molar-refractivity contribution in [3.05, 3.63) is 70.8 Å². The minimum Gasteiger partial charge on any atom is -0.506 e. The van der Waals surface area contributed by atoms with Crippen LogP contribution in [0.25, 0.3) is 10.8 Å². The average molecular weight is 513 g/mol. The summed E-state index contributed by atoms with van der Waals surface area (Å²) in [4.78, 5) is 24.9. The predicted octanol–water partition coefficient (Wildman–Crippen LogP) is 1.55. The van der Waals surface area contributed by atoms with Crippen LogP contribution in [0.1, 0.15) is 38.3 Å². The third-order valence-electron chi connectivity index (χ3n) is 6.47. The number of fused-ring (bicyclic) bond motifs is 1. The van der Waals surface area contributed by atoms with Crippen molar-refractivity contribution in [3.63, 3.8) is 0 Å². The minimum atomic E-state index is -1.76. The van der Waals surface area contributed by atoms with Gasteiger partial charge in [-0.3, -0.25) is 4.79 Å². The molecule has 6 N–H and O–H groups in total. The van der Waals surface area contributed by atoms with Crippen LogP contribution in [0.5, 0.6) is 11.5 Å². The maximum absolute atomic E-state index is 13.1. The summed E-state index contributed by atoms with van der Waals surface area (Å²) in [5, 5.41) is 61.0. The molecule has 0 radical (unpaired) electrons. The largest absolute Gasteiger partial charge is 0.506 e. The Morgan fingerprint density at radius 1 is 1.00 bits per heavy atom. The molecule has 1 aliphatic rings. The van der Waals surface area contributed by atoms with Crippen molar-refractivity contribution in [2.45, 2.75) is 50.5 Å². The third kappa shape index (κ3) is 5.29. The van der Waals surface area contributed by atoms with Crippen LogP contribution in [0.3, 0.4) is 0 Å². The number of rotatable bonds is 8. The van der Waals surface area contributed by atoms with Crippen LogP contribution in [0.15, 0.2) is 48.5 Å². The summed E-state index contributed by atoms with van der Waals surface area (Å²) in [5.74, 6) is -2.28. The molecule has 0 bridgehead atoms. The van der Waals surface area contributed by atoms with E-state index in [2.05, 4.69) is 0 Å². The Hall–Kier alpha value is -3.54. The number of carbonyl (C=O) groups excluding carboxylic acids is 1. The van der Waals surface area contributed by atoms with E-state index < -0.39 is 49.0 Å². The Bertz CT molecular complexity index is 1300. The van der Waals surface area contributed by atoms with E-state index in [1.807, 2.05) is 30.3 Å². The van der Waals surface area contributed by atoms with Crippen LogP contribution in [0.2, 0.25) is 0 Å². The van der Waals surface area contributed by atoms with Gasteiger partial charge in [-0.25, -0.2) is 4.79 Å². The number of phenolic OH excluding ortho intramolecular Hbond substituents is 1. The molecule has 0 saturated carbocycles. The van der Waals surface area contributed by atoms with Gasteiger partial charge < -0.3 is 40.1 Å². The zero-order valence-corrected chi connectivity index (χ0v) is 19.9.